The van der Waals surface area contributed by atoms with E-state index in [4.69, 9.17) is 5.26 Å². The largest absolute Gasteiger partial charge is 0.300 e. The highest BCUT2D eigenvalue weighted by Crippen LogP contribution is 2.06. The molecule has 0 aromatic heterocycles. The lowest BCUT2D eigenvalue weighted by Gasteiger charge is -2.13. The van der Waals surface area contributed by atoms with Gasteiger partial charge in [0.1, 0.15) is 9.84 Å². The number of nitriles is 1. The van der Waals surface area contributed by atoms with E-state index in [1.807, 2.05) is 13.8 Å². The molecule has 1 unspecified atom stereocenters. The van der Waals surface area contributed by atoms with Gasteiger partial charge in [0.2, 0.25) is 0 Å². The summed E-state index contributed by atoms with van der Waals surface area (Å²) in [4.78, 5) is 0. The Morgan fingerprint density at radius 2 is 2.00 bits per heavy atom. The predicted molar refractivity (Wildman–Crippen MR) is 69.3 cm³/mol. The third-order valence-corrected chi connectivity index (χ3v) is 4.06. The minimum Gasteiger partial charge on any atom is -0.300 e. The van der Waals surface area contributed by atoms with Gasteiger partial charge in [0.15, 0.2) is 0 Å². The molecule has 0 saturated heterocycles. The lowest BCUT2D eigenvalue weighted by atomic mass is 10.2. The van der Waals surface area contributed by atoms with Gasteiger partial charge in [-0.1, -0.05) is 0 Å². The Balaban J connectivity index is 3.61. The fourth-order valence-corrected chi connectivity index (χ4v) is 3.39. The third-order valence-electron chi connectivity index (χ3n) is 1.84. The summed E-state index contributed by atoms with van der Waals surface area (Å²) >= 11 is 1.58. The van der Waals surface area contributed by atoms with Crippen molar-refractivity contribution in [1.29, 1.82) is 5.26 Å². The zero-order valence-electron chi connectivity index (χ0n) is 10.1. The first-order valence-corrected chi connectivity index (χ1v) is 8.48. The maximum atomic E-state index is 10.9. The van der Waals surface area contributed by atoms with Crippen LogP contribution in [0.3, 0.4) is 0 Å². The molecule has 1 N–H and O–H groups in total. The van der Waals surface area contributed by atoms with Crippen LogP contribution >= 0.6 is 11.8 Å². The average Bonchev–Trinajstić information content (AvgIpc) is 2.13. The minimum atomic E-state index is -2.85. The second-order valence-electron chi connectivity index (χ2n) is 4.03. The van der Waals surface area contributed by atoms with Gasteiger partial charge in [-0.05, 0) is 26.0 Å². The monoisotopic (exact) mass is 264 g/mol. The van der Waals surface area contributed by atoms with Crippen molar-refractivity contribution in [3.63, 3.8) is 0 Å². The van der Waals surface area contributed by atoms with Crippen molar-refractivity contribution in [3.05, 3.63) is 0 Å². The molecule has 1 atom stereocenters. The summed E-state index contributed by atoms with van der Waals surface area (Å²) in [6.07, 6.45) is 2.00. The van der Waals surface area contributed by atoms with Gasteiger partial charge in [-0.15, -0.1) is 0 Å². The average molecular weight is 264 g/mol. The summed E-state index contributed by atoms with van der Waals surface area (Å²) in [7, 11) is -2.85. The zero-order chi connectivity index (χ0) is 12.6. The van der Waals surface area contributed by atoms with Crippen LogP contribution in [0.1, 0.15) is 20.3 Å². The van der Waals surface area contributed by atoms with Crippen LogP contribution in [0.25, 0.3) is 0 Å². The molecular formula is C10H20N2O2S2. The molecule has 0 aliphatic rings. The van der Waals surface area contributed by atoms with Gasteiger partial charge in [0.05, 0.1) is 17.9 Å². The van der Waals surface area contributed by atoms with Crippen molar-refractivity contribution in [2.45, 2.75) is 32.4 Å². The van der Waals surface area contributed by atoms with E-state index in [-0.39, 0.29) is 11.8 Å². The molecule has 0 aliphatic heterocycles. The fraction of sp³-hybridized carbons (Fsp3) is 0.900. The minimum absolute atomic E-state index is 0.134. The number of nitrogens with one attached hydrogen (secondary N) is 1. The summed E-state index contributed by atoms with van der Waals surface area (Å²) in [5, 5.41) is 12.0. The Kier molecular flexibility index (Phi) is 7.81. The lowest BCUT2D eigenvalue weighted by molar-refractivity contribution is 0.522. The standard InChI is InChI=1S/C10H20N2O2S2/c1-9(2)12-10(8-11)4-5-15-6-7-16(3,13)14/h9-10,12H,4-7H2,1-3H3. The van der Waals surface area contributed by atoms with E-state index in [1.54, 1.807) is 11.8 Å². The van der Waals surface area contributed by atoms with Crippen LogP contribution in [0.15, 0.2) is 0 Å². The quantitative estimate of drug-likeness (QED) is 0.663. The second-order valence-corrected chi connectivity index (χ2v) is 7.52. The van der Waals surface area contributed by atoms with E-state index in [0.717, 1.165) is 12.2 Å². The van der Waals surface area contributed by atoms with E-state index < -0.39 is 9.84 Å². The summed E-state index contributed by atoms with van der Waals surface area (Å²) in [6.45, 7) is 4.00. The number of rotatable bonds is 8. The number of hydrogen-bond donors (Lipinski definition) is 1. The van der Waals surface area contributed by atoms with Crippen LogP contribution in [0.4, 0.5) is 0 Å². The molecule has 0 amide bonds. The first-order chi connectivity index (χ1) is 7.35. The van der Waals surface area contributed by atoms with E-state index in [1.165, 1.54) is 6.26 Å². The highest BCUT2D eigenvalue weighted by atomic mass is 32.2. The van der Waals surface area contributed by atoms with Crippen molar-refractivity contribution < 1.29 is 8.42 Å². The molecule has 0 aromatic rings. The van der Waals surface area contributed by atoms with Gasteiger partial charge in [-0.25, -0.2) is 8.42 Å². The molecule has 0 heterocycles. The van der Waals surface area contributed by atoms with Gasteiger partial charge in [0.25, 0.3) is 0 Å². The summed E-state index contributed by atoms with van der Waals surface area (Å²) in [5.41, 5.74) is 0. The maximum absolute atomic E-state index is 10.9. The lowest BCUT2D eigenvalue weighted by Crippen LogP contribution is -2.34. The van der Waals surface area contributed by atoms with Gasteiger partial charge >= 0.3 is 0 Å². The normalized spacial score (nSPS) is 13.7. The molecule has 0 aliphatic carbocycles. The molecule has 16 heavy (non-hydrogen) atoms. The fourth-order valence-electron chi connectivity index (χ4n) is 1.10. The molecule has 6 heteroatoms. The maximum Gasteiger partial charge on any atom is 0.148 e. The van der Waals surface area contributed by atoms with E-state index >= 15 is 0 Å². The molecule has 0 saturated carbocycles. The van der Waals surface area contributed by atoms with Gasteiger partial charge in [-0.2, -0.15) is 17.0 Å². The topological polar surface area (TPSA) is 70.0 Å². The van der Waals surface area contributed by atoms with Crippen molar-refractivity contribution in [3.8, 4) is 6.07 Å². The molecule has 0 aromatic carbocycles. The van der Waals surface area contributed by atoms with Gasteiger partial charge < -0.3 is 0 Å². The molecule has 0 radical (unpaired) electrons. The third kappa shape index (κ3) is 10.3. The first kappa shape index (κ1) is 15.8. The molecule has 0 rings (SSSR count). The Labute approximate surface area is 103 Å². The van der Waals surface area contributed by atoms with Crippen LogP contribution in [0, 0.1) is 11.3 Å². The molecule has 94 valence electrons. The van der Waals surface area contributed by atoms with Gasteiger partial charge in [-0.3, -0.25) is 5.32 Å². The highest BCUT2D eigenvalue weighted by molar-refractivity contribution is 8.00. The van der Waals surface area contributed by atoms with E-state index in [0.29, 0.717) is 11.8 Å². The zero-order valence-corrected chi connectivity index (χ0v) is 11.7. The van der Waals surface area contributed by atoms with E-state index in [9.17, 15) is 8.42 Å². The van der Waals surface area contributed by atoms with Crippen LogP contribution < -0.4 is 5.32 Å². The number of hydrogen-bond acceptors (Lipinski definition) is 5. The smallest absolute Gasteiger partial charge is 0.148 e. The van der Waals surface area contributed by atoms with Crippen LogP contribution in [-0.2, 0) is 9.84 Å². The molecule has 0 fully saturated rings. The number of nitrogens with zero attached hydrogens (tertiary/aromatic N) is 1. The van der Waals surface area contributed by atoms with E-state index in [2.05, 4.69) is 11.4 Å². The molecular weight excluding hydrogens is 244 g/mol. The van der Waals surface area contributed by atoms with Crippen molar-refractivity contribution in [2.75, 3.05) is 23.5 Å². The summed E-state index contributed by atoms with van der Waals surface area (Å²) in [5.74, 6) is 1.64. The van der Waals surface area contributed by atoms with Crippen molar-refractivity contribution in [1.82, 2.24) is 5.32 Å². The highest BCUT2D eigenvalue weighted by Gasteiger charge is 2.08. The summed E-state index contributed by atoms with van der Waals surface area (Å²) in [6, 6.07) is 2.36. The van der Waals surface area contributed by atoms with Crippen LogP contribution in [0.2, 0.25) is 0 Å². The molecule has 0 spiro atoms. The Morgan fingerprint density at radius 3 is 2.44 bits per heavy atom. The first-order valence-electron chi connectivity index (χ1n) is 5.26. The second kappa shape index (κ2) is 7.93. The van der Waals surface area contributed by atoms with Crippen molar-refractivity contribution in [2.24, 2.45) is 0 Å². The number of sulfone groups is 1. The Morgan fingerprint density at radius 1 is 1.38 bits per heavy atom. The summed E-state index contributed by atoms with van der Waals surface area (Å²) < 4.78 is 21.7. The Bertz CT molecular complexity index is 320. The number of thioether (sulfide) groups is 1. The van der Waals surface area contributed by atoms with Crippen molar-refractivity contribution >= 4 is 21.6 Å². The SMILES string of the molecule is CC(C)NC(C#N)CCSCCS(C)(=O)=O. The Hall–Kier alpha value is -0.250. The molecule has 0 bridgehead atoms. The predicted octanol–water partition coefficient (Wildman–Crippen LogP) is 1.04. The van der Waals surface area contributed by atoms with Gasteiger partial charge in [0, 0.05) is 18.1 Å². The molecule has 4 nitrogen and oxygen atoms in total. The van der Waals surface area contributed by atoms with Crippen LogP contribution in [-0.4, -0.2) is 44.0 Å². The van der Waals surface area contributed by atoms with Crippen LogP contribution in [0.5, 0.6) is 0 Å².